The predicted octanol–water partition coefficient (Wildman–Crippen LogP) is 5.15. The molecule has 5 rings (SSSR count). The predicted molar refractivity (Wildman–Crippen MR) is 134 cm³/mol. The molecule has 0 bridgehead atoms. The zero-order valence-corrected chi connectivity index (χ0v) is 19.4. The highest BCUT2D eigenvalue weighted by atomic mass is 32.1. The number of ether oxygens (including phenoxy) is 1. The van der Waals surface area contributed by atoms with Crippen molar-refractivity contribution in [2.45, 2.75) is 19.4 Å². The van der Waals surface area contributed by atoms with Gasteiger partial charge < -0.3 is 10.1 Å². The third-order valence-corrected chi connectivity index (χ3v) is 6.42. The molecule has 3 aromatic carbocycles. The monoisotopic (exact) mass is 469 g/mol. The first-order valence-corrected chi connectivity index (χ1v) is 11.9. The summed E-state index contributed by atoms with van der Waals surface area (Å²) in [6.45, 7) is 1.59. The van der Waals surface area contributed by atoms with Crippen LogP contribution in [-0.2, 0) is 16.0 Å². The van der Waals surface area contributed by atoms with E-state index < -0.39 is 6.10 Å². The van der Waals surface area contributed by atoms with Crippen molar-refractivity contribution in [3.05, 3.63) is 94.8 Å². The number of hydrogen-bond donors (Lipinski definition) is 1. The molecule has 0 fully saturated rings. The summed E-state index contributed by atoms with van der Waals surface area (Å²) in [5.41, 5.74) is 4.16. The lowest BCUT2D eigenvalue weighted by molar-refractivity contribution is -0.127. The van der Waals surface area contributed by atoms with E-state index in [-0.39, 0.29) is 18.4 Å². The standard InChI is InChI=1S/C27H23N3O3S/c1-18-27(32)30(16-25(31)28-21-10-6-3-7-11-21)23-15-20(12-13-24(23)33-18)22-17-34-26(29-22)14-19-8-4-2-5-9-19/h2-13,15,17-18H,14,16H2,1H3,(H,28,31). The van der Waals surface area contributed by atoms with Gasteiger partial charge in [0, 0.05) is 23.1 Å². The maximum atomic E-state index is 12.9. The highest BCUT2D eigenvalue weighted by molar-refractivity contribution is 7.10. The number of carbonyl (C=O) groups is 2. The Balaban J connectivity index is 1.39. The third kappa shape index (κ3) is 4.70. The fourth-order valence-corrected chi connectivity index (χ4v) is 4.73. The van der Waals surface area contributed by atoms with E-state index >= 15 is 0 Å². The molecule has 0 spiro atoms. The van der Waals surface area contributed by atoms with Gasteiger partial charge in [-0.1, -0.05) is 48.5 Å². The molecule has 34 heavy (non-hydrogen) atoms. The van der Waals surface area contributed by atoms with Gasteiger partial charge in [0.05, 0.1) is 16.4 Å². The SMILES string of the molecule is CC1Oc2ccc(-c3csc(Cc4ccccc4)n3)cc2N(CC(=O)Nc2ccccc2)C1=O. The van der Waals surface area contributed by atoms with E-state index in [1.165, 1.54) is 10.5 Å². The summed E-state index contributed by atoms with van der Waals surface area (Å²) in [4.78, 5) is 31.9. The molecule has 0 radical (unpaired) electrons. The average molecular weight is 470 g/mol. The van der Waals surface area contributed by atoms with E-state index in [2.05, 4.69) is 17.4 Å². The van der Waals surface area contributed by atoms with E-state index in [4.69, 9.17) is 9.72 Å². The molecule has 7 heteroatoms. The van der Waals surface area contributed by atoms with E-state index in [1.54, 1.807) is 18.3 Å². The molecule has 0 aliphatic carbocycles. The first-order valence-electron chi connectivity index (χ1n) is 11.0. The number of anilines is 2. The number of nitrogens with zero attached hydrogens (tertiary/aromatic N) is 2. The lowest BCUT2D eigenvalue weighted by Gasteiger charge is -2.32. The third-order valence-electron chi connectivity index (χ3n) is 5.57. The molecule has 1 aliphatic heterocycles. The van der Waals surface area contributed by atoms with Crippen molar-refractivity contribution in [3.63, 3.8) is 0 Å². The molecule has 6 nitrogen and oxygen atoms in total. The number of hydrogen-bond acceptors (Lipinski definition) is 5. The van der Waals surface area contributed by atoms with Gasteiger partial charge in [0.1, 0.15) is 12.3 Å². The lowest BCUT2D eigenvalue weighted by Crippen LogP contribution is -2.47. The van der Waals surface area contributed by atoms with Gasteiger partial charge >= 0.3 is 0 Å². The molecule has 1 atom stereocenters. The Labute approximate surface area is 201 Å². The number of carbonyl (C=O) groups excluding carboxylic acids is 2. The fraction of sp³-hybridized carbons (Fsp3) is 0.148. The molecule has 0 saturated carbocycles. The molecular formula is C27H23N3O3S. The Hall–Kier alpha value is -3.97. The molecule has 2 amide bonds. The average Bonchev–Trinajstić information content (AvgIpc) is 3.31. The minimum absolute atomic E-state index is 0.103. The number of thiazole rings is 1. The van der Waals surface area contributed by atoms with Crippen LogP contribution in [0.2, 0.25) is 0 Å². The van der Waals surface area contributed by atoms with Gasteiger partial charge in [0.15, 0.2) is 6.10 Å². The van der Waals surface area contributed by atoms with Crippen LogP contribution in [0, 0.1) is 0 Å². The summed E-state index contributed by atoms with van der Waals surface area (Å²) in [6.07, 6.45) is 0.0982. The molecule has 2 heterocycles. The summed E-state index contributed by atoms with van der Waals surface area (Å²) < 4.78 is 5.81. The van der Waals surface area contributed by atoms with E-state index in [1.807, 2.05) is 72.1 Å². The highest BCUT2D eigenvalue weighted by Crippen LogP contribution is 2.38. The van der Waals surface area contributed by atoms with Crippen LogP contribution in [0.4, 0.5) is 11.4 Å². The van der Waals surface area contributed by atoms with Crippen LogP contribution in [0.15, 0.2) is 84.2 Å². The highest BCUT2D eigenvalue weighted by Gasteiger charge is 2.33. The molecule has 1 aromatic heterocycles. The fourth-order valence-electron chi connectivity index (χ4n) is 3.89. The Morgan fingerprint density at radius 1 is 1.06 bits per heavy atom. The number of aromatic nitrogens is 1. The lowest BCUT2D eigenvalue weighted by atomic mass is 10.1. The largest absolute Gasteiger partial charge is 0.479 e. The number of benzene rings is 3. The van der Waals surface area contributed by atoms with Crippen LogP contribution in [0.3, 0.4) is 0 Å². The summed E-state index contributed by atoms with van der Waals surface area (Å²) in [5.74, 6) is 0.0443. The Bertz CT molecular complexity index is 1320. The number of fused-ring (bicyclic) bond motifs is 1. The smallest absolute Gasteiger partial charge is 0.268 e. The second-order valence-electron chi connectivity index (χ2n) is 8.07. The van der Waals surface area contributed by atoms with Gasteiger partial charge in [-0.3, -0.25) is 14.5 Å². The van der Waals surface area contributed by atoms with Crippen LogP contribution in [0.25, 0.3) is 11.3 Å². The summed E-state index contributed by atoms with van der Waals surface area (Å²) in [6, 6.07) is 25.0. The number of amides is 2. The van der Waals surface area contributed by atoms with Gasteiger partial charge in [0.2, 0.25) is 5.91 Å². The summed E-state index contributed by atoms with van der Waals surface area (Å²) in [7, 11) is 0. The molecule has 1 aliphatic rings. The zero-order chi connectivity index (χ0) is 23.5. The minimum atomic E-state index is -0.667. The molecule has 0 saturated heterocycles. The molecule has 4 aromatic rings. The Morgan fingerprint density at radius 2 is 1.79 bits per heavy atom. The Kier molecular flexibility index (Phi) is 6.10. The maximum Gasteiger partial charge on any atom is 0.268 e. The van der Waals surface area contributed by atoms with Crippen molar-refractivity contribution in [2.24, 2.45) is 0 Å². The molecule has 170 valence electrons. The van der Waals surface area contributed by atoms with Crippen molar-refractivity contribution in [1.29, 1.82) is 0 Å². The Morgan fingerprint density at radius 3 is 2.56 bits per heavy atom. The van der Waals surface area contributed by atoms with Gasteiger partial charge in [-0.15, -0.1) is 11.3 Å². The van der Waals surface area contributed by atoms with Gasteiger partial charge in [0.25, 0.3) is 5.91 Å². The molecule has 1 unspecified atom stereocenters. The van der Waals surface area contributed by atoms with Crippen molar-refractivity contribution in [2.75, 3.05) is 16.8 Å². The normalized spacial score (nSPS) is 14.9. The minimum Gasteiger partial charge on any atom is -0.479 e. The zero-order valence-electron chi connectivity index (χ0n) is 18.6. The second kappa shape index (κ2) is 9.49. The van der Waals surface area contributed by atoms with Crippen LogP contribution >= 0.6 is 11.3 Å². The van der Waals surface area contributed by atoms with Gasteiger partial charge in [-0.2, -0.15) is 0 Å². The number of rotatable bonds is 6. The first-order chi connectivity index (χ1) is 16.6. The quantitative estimate of drug-likeness (QED) is 0.424. The molecular weight excluding hydrogens is 446 g/mol. The number of para-hydroxylation sites is 1. The maximum absolute atomic E-state index is 12.9. The van der Waals surface area contributed by atoms with Crippen molar-refractivity contribution in [1.82, 2.24) is 4.98 Å². The van der Waals surface area contributed by atoms with Crippen LogP contribution in [0.5, 0.6) is 5.75 Å². The summed E-state index contributed by atoms with van der Waals surface area (Å²) in [5, 5.41) is 5.87. The number of nitrogens with one attached hydrogen (secondary N) is 1. The van der Waals surface area contributed by atoms with E-state index in [0.29, 0.717) is 17.1 Å². The first kappa shape index (κ1) is 21.9. The van der Waals surface area contributed by atoms with Crippen LogP contribution in [0.1, 0.15) is 17.5 Å². The summed E-state index contributed by atoms with van der Waals surface area (Å²) >= 11 is 1.60. The van der Waals surface area contributed by atoms with Gasteiger partial charge in [-0.25, -0.2) is 4.98 Å². The topological polar surface area (TPSA) is 71.5 Å². The second-order valence-corrected chi connectivity index (χ2v) is 9.01. The van der Waals surface area contributed by atoms with Crippen LogP contribution in [-0.4, -0.2) is 29.4 Å². The van der Waals surface area contributed by atoms with Crippen LogP contribution < -0.4 is 15.0 Å². The van der Waals surface area contributed by atoms with Crippen molar-refractivity contribution in [3.8, 4) is 17.0 Å². The van der Waals surface area contributed by atoms with E-state index in [0.717, 1.165) is 22.7 Å². The molecule has 1 N–H and O–H groups in total. The van der Waals surface area contributed by atoms with Gasteiger partial charge in [-0.05, 0) is 42.8 Å². The van der Waals surface area contributed by atoms with Crippen molar-refractivity contribution >= 4 is 34.5 Å². The van der Waals surface area contributed by atoms with E-state index in [9.17, 15) is 9.59 Å². The van der Waals surface area contributed by atoms with Crippen molar-refractivity contribution < 1.29 is 14.3 Å².